The van der Waals surface area contributed by atoms with Crippen LogP contribution in [0.5, 0.6) is 11.5 Å². The molecule has 2 aromatic heterocycles. The number of aromatic hydroxyl groups is 2. The molecule has 10 heteroatoms. The summed E-state index contributed by atoms with van der Waals surface area (Å²) in [5, 5.41) is 20.9. The van der Waals surface area contributed by atoms with E-state index < -0.39 is 0 Å². The number of nitrogens with one attached hydrogen (secondary N) is 2. The lowest BCUT2D eigenvalue weighted by molar-refractivity contribution is -0.693. The number of nitrogens with zero attached hydrogens (tertiary/aromatic N) is 4. The molecule has 4 N–H and O–H groups in total. The number of hydrogen-bond donors (Lipinski definition) is 4. The molecule has 0 amide bonds. The van der Waals surface area contributed by atoms with Gasteiger partial charge in [0, 0.05) is 37.4 Å². The Kier molecular flexibility index (Phi) is 10.9. The zero-order valence-electron chi connectivity index (χ0n) is 22.8. The highest BCUT2D eigenvalue weighted by Crippen LogP contribution is 2.26. The highest BCUT2D eigenvalue weighted by Gasteiger charge is 2.23. The molecule has 2 atom stereocenters. The fourth-order valence-corrected chi connectivity index (χ4v) is 5.02. The summed E-state index contributed by atoms with van der Waals surface area (Å²) in [5.74, 6) is 2.60. The van der Waals surface area contributed by atoms with Crippen LogP contribution in [-0.4, -0.2) is 44.7 Å². The lowest BCUT2D eigenvalue weighted by atomic mass is 9.91. The number of aliphatic imine (C=N–C) groups is 2. The van der Waals surface area contributed by atoms with Crippen molar-refractivity contribution in [3.8, 4) is 11.5 Å². The maximum absolute atomic E-state index is 10.5. The van der Waals surface area contributed by atoms with Crippen LogP contribution in [0.25, 0.3) is 0 Å². The largest absolute Gasteiger partial charge is 1.00 e. The van der Waals surface area contributed by atoms with Crippen LogP contribution in [0.3, 0.4) is 0 Å². The molecule has 2 heterocycles. The van der Waals surface area contributed by atoms with Crippen LogP contribution < -0.4 is 33.9 Å². The predicted octanol–water partition coefficient (Wildman–Crippen LogP) is -2.10. The Balaban J connectivity index is 0.00000220. The van der Waals surface area contributed by atoms with Crippen molar-refractivity contribution in [3.63, 3.8) is 0 Å². The molecule has 0 aliphatic heterocycles. The van der Waals surface area contributed by atoms with E-state index >= 15 is 0 Å². The molecular formula is C30H36Cl2N6O2. The molecule has 8 nitrogen and oxygen atoms in total. The number of aryl methyl sites for hydroxylation is 2. The molecule has 0 bridgehead atoms. The number of aromatic nitrogens is 4. The summed E-state index contributed by atoms with van der Waals surface area (Å²) in [6.07, 6.45) is 15.6. The van der Waals surface area contributed by atoms with Gasteiger partial charge in [-0.2, -0.15) is 0 Å². The van der Waals surface area contributed by atoms with E-state index in [-0.39, 0.29) is 48.4 Å². The number of rotatable bonds is 8. The van der Waals surface area contributed by atoms with Crippen LogP contribution in [0.1, 0.15) is 59.6 Å². The SMILES string of the molecule is Cc1[nH]cc[n+]1Cc1ccc(O)c(C=N[C@@H]2CCCC[C@H]2N=Cc2cc(C[n+]3cc[nH]c3C)ccc2O)c1.[Cl-].[Cl-]. The second kappa shape index (κ2) is 14.1. The van der Waals surface area contributed by atoms with E-state index in [0.717, 1.165) is 61.5 Å². The summed E-state index contributed by atoms with van der Waals surface area (Å²) in [5.41, 5.74) is 3.62. The number of phenols is 2. The van der Waals surface area contributed by atoms with Crippen LogP contribution >= 0.6 is 0 Å². The number of hydrogen-bond acceptors (Lipinski definition) is 4. The van der Waals surface area contributed by atoms with Crippen molar-refractivity contribution in [3.05, 3.63) is 95.1 Å². The van der Waals surface area contributed by atoms with Gasteiger partial charge in [-0.25, -0.2) is 19.1 Å². The second-order valence-corrected chi connectivity index (χ2v) is 10.1. The lowest BCUT2D eigenvalue weighted by Crippen LogP contribution is -3.00. The highest BCUT2D eigenvalue weighted by molar-refractivity contribution is 5.84. The molecule has 212 valence electrons. The highest BCUT2D eigenvalue weighted by atomic mass is 35.5. The normalized spacial score (nSPS) is 17.1. The van der Waals surface area contributed by atoms with Crippen LogP contribution in [0.15, 0.2) is 71.2 Å². The molecule has 2 aromatic carbocycles. The van der Waals surface area contributed by atoms with Gasteiger partial charge in [-0.05, 0) is 48.2 Å². The van der Waals surface area contributed by atoms with Gasteiger partial charge in [0.2, 0.25) is 0 Å². The van der Waals surface area contributed by atoms with Crippen molar-refractivity contribution in [1.29, 1.82) is 0 Å². The number of halogens is 2. The van der Waals surface area contributed by atoms with E-state index in [1.165, 1.54) is 0 Å². The molecule has 1 fully saturated rings. The molecule has 5 rings (SSSR count). The van der Waals surface area contributed by atoms with Gasteiger partial charge in [0.05, 0.1) is 12.1 Å². The summed E-state index contributed by atoms with van der Waals surface area (Å²) in [6, 6.07) is 11.4. The number of benzene rings is 2. The van der Waals surface area contributed by atoms with Crippen molar-refractivity contribution in [2.24, 2.45) is 9.98 Å². The Morgan fingerprint density at radius 2 is 1.18 bits per heavy atom. The fraction of sp³-hybridized carbons (Fsp3) is 0.333. The summed E-state index contributed by atoms with van der Waals surface area (Å²) in [6.45, 7) is 5.50. The Bertz CT molecular complexity index is 1350. The first-order valence-corrected chi connectivity index (χ1v) is 13.2. The maximum Gasteiger partial charge on any atom is 0.251 e. The number of aromatic amines is 2. The molecule has 1 saturated carbocycles. The minimum absolute atomic E-state index is 0. The van der Waals surface area contributed by atoms with Crippen molar-refractivity contribution >= 4 is 12.4 Å². The monoisotopic (exact) mass is 582 g/mol. The zero-order chi connectivity index (χ0) is 26.5. The van der Waals surface area contributed by atoms with Gasteiger partial charge in [0.1, 0.15) is 49.4 Å². The van der Waals surface area contributed by atoms with Gasteiger partial charge in [0.15, 0.2) is 0 Å². The summed E-state index contributed by atoms with van der Waals surface area (Å²) in [4.78, 5) is 16.1. The molecule has 0 unspecified atom stereocenters. The van der Waals surface area contributed by atoms with Gasteiger partial charge in [-0.3, -0.25) is 9.98 Å². The van der Waals surface area contributed by atoms with Gasteiger partial charge in [-0.15, -0.1) is 0 Å². The summed E-state index contributed by atoms with van der Waals surface area (Å²) >= 11 is 0. The minimum Gasteiger partial charge on any atom is -1.00 e. The lowest BCUT2D eigenvalue weighted by Gasteiger charge is -2.25. The zero-order valence-corrected chi connectivity index (χ0v) is 24.3. The number of imidazole rings is 2. The minimum atomic E-state index is 0. The average molecular weight is 584 g/mol. The molecule has 40 heavy (non-hydrogen) atoms. The van der Waals surface area contributed by atoms with Gasteiger partial charge >= 0.3 is 0 Å². The molecule has 0 radical (unpaired) electrons. The predicted molar refractivity (Wildman–Crippen MR) is 147 cm³/mol. The topological polar surface area (TPSA) is 105 Å². The van der Waals surface area contributed by atoms with Crippen molar-refractivity contribution in [2.75, 3.05) is 0 Å². The van der Waals surface area contributed by atoms with Crippen LogP contribution in [0.4, 0.5) is 0 Å². The van der Waals surface area contributed by atoms with Crippen molar-refractivity contribution < 1.29 is 44.2 Å². The Labute approximate surface area is 247 Å². The first-order valence-electron chi connectivity index (χ1n) is 13.2. The first kappa shape index (κ1) is 30.9. The standard InChI is InChI=1S/C30H34N6O2.2ClH/c1-21-31-11-13-35(21)19-23-7-9-29(37)25(15-23)17-33-27-5-3-4-6-28(27)34-18-26-16-24(8-10-30(26)38)20-36-14-12-32-22(36)2;;/h7-18,27-28H,3-6,19-20H2,1-2H3,(H2,33,34,37,38);2*1H/t27-,28-;;/m1../s1. The van der Waals surface area contributed by atoms with Crippen LogP contribution in [0.2, 0.25) is 0 Å². The van der Waals surface area contributed by atoms with Gasteiger partial charge in [-0.1, -0.05) is 25.0 Å². The van der Waals surface area contributed by atoms with Crippen LogP contribution in [0, 0.1) is 13.8 Å². The molecule has 1 aliphatic carbocycles. The molecule has 0 saturated heterocycles. The third kappa shape index (κ3) is 7.52. The van der Waals surface area contributed by atoms with E-state index in [4.69, 9.17) is 9.98 Å². The Morgan fingerprint density at radius 1 is 0.750 bits per heavy atom. The molecule has 1 aliphatic rings. The molecule has 0 spiro atoms. The third-order valence-corrected chi connectivity index (χ3v) is 7.35. The van der Waals surface area contributed by atoms with Crippen molar-refractivity contribution in [1.82, 2.24) is 9.97 Å². The average Bonchev–Trinajstić information content (AvgIpc) is 3.52. The fourth-order valence-electron chi connectivity index (χ4n) is 5.02. The number of phenolic OH excluding ortho intramolecular Hbond substituents is 2. The molecular weight excluding hydrogens is 547 g/mol. The van der Waals surface area contributed by atoms with E-state index in [1.807, 2.05) is 62.9 Å². The van der Waals surface area contributed by atoms with Gasteiger partial charge < -0.3 is 35.0 Å². The third-order valence-electron chi connectivity index (χ3n) is 7.35. The number of H-pyrrole nitrogens is 2. The van der Waals surface area contributed by atoms with E-state index in [0.29, 0.717) is 11.1 Å². The Morgan fingerprint density at radius 3 is 1.55 bits per heavy atom. The summed E-state index contributed by atoms with van der Waals surface area (Å²) in [7, 11) is 0. The molecule has 4 aromatic rings. The smallest absolute Gasteiger partial charge is 0.251 e. The van der Waals surface area contributed by atoms with Crippen molar-refractivity contribution in [2.45, 2.75) is 64.7 Å². The van der Waals surface area contributed by atoms with Crippen LogP contribution in [-0.2, 0) is 13.1 Å². The van der Waals surface area contributed by atoms with Gasteiger partial charge in [0.25, 0.3) is 11.6 Å². The second-order valence-electron chi connectivity index (χ2n) is 10.1. The first-order chi connectivity index (χ1) is 18.5. The van der Waals surface area contributed by atoms with E-state index in [9.17, 15) is 10.2 Å². The summed E-state index contributed by atoms with van der Waals surface area (Å²) < 4.78 is 4.25. The maximum atomic E-state index is 10.5. The van der Waals surface area contributed by atoms with E-state index in [1.54, 1.807) is 24.6 Å². The Hall–Kier alpha value is -3.62. The quantitative estimate of drug-likeness (QED) is 0.141. The van der Waals surface area contributed by atoms with E-state index in [2.05, 4.69) is 19.1 Å².